The van der Waals surface area contributed by atoms with E-state index in [1.165, 1.54) is 0 Å². The summed E-state index contributed by atoms with van der Waals surface area (Å²) >= 11 is 9.53. The minimum atomic E-state index is 0.267. The standard InChI is InChI=1S/C14H17BrClNO/c1-3-5-17-12(4-2)13-7-9-6-10(16)8-11(15)14(9)18-13/h6-8,12,17H,3-5H2,1-2H3. The molecular formula is C14H17BrClNO. The van der Waals surface area contributed by atoms with Crippen molar-refractivity contribution in [2.75, 3.05) is 6.54 Å². The first-order valence-electron chi connectivity index (χ1n) is 6.27. The van der Waals surface area contributed by atoms with Crippen LogP contribution < -0.4 is 5.32 Å². The molecular weight excluding hydrogens is 314 g/mol. The van der Waals surface area contributed by atoms with Crippen LogP contribution in [0.1, 0.15) is 38.5 Å². The van der Waals surface area contributed by atoms with E-state index in [2.05, 4.69) is 41.2 Å². The van der Waals surface area contributed by atoms with Gasteiger partial charge in [-0.15, -0.1) is 0 Å². The fourth-order valence-electron chi connectivity index (χ4n) is 2.03. The van der Waals surface area contributed by atoms with Gasteiger partial charge in [0.25, 0.3) is 0 Å². The Balaban J connectivity index is 2.36. The number of nitrogens with one attached hydrogen (secondary N) is 1. The van der Waals surface area contributed by atoms with Crippen molar-refractivity contribution in [1.82, 2.24) is 5.32 Å². The van der Waals surface area contributed by atoms with Gasteiger partial charge in [0.2, 0.25) is 0 Å². The largest absolute Gasteiger partial charge is 0.458 e. The van der Waals surface area contributed by atoms with E-state index in [0.717, 1.165) is 45.6 Å². The smallest absolute Gasteiger partial charge is 0.148 e. The van der Waals surface area contributed by atoms with Gasteiger partial charge in [0.1, 0.15) is 11.3 Å². The molecule has 0 fully saturated rings. The summed E-state index contributed by atoms with van der Waals surface area (Å²) < 4.78 is 6.84. The molecule has 0 spiro atoms. The highest BCUT2D eigenvalue weighted by Gasteiger charge is 2.15. The van der Waals surface area contributed by atoms with E-state index in [4.69, 9.17) is 16.0 Å². The molecule has 0 aliphatic rings. The molecule has 1 heterocycles. The van der Waals surface area contributed by atoms with Gasteiger partial charge in [-0.1, -0.05) is 25.4 Å². The van der Waals surface area contributed by atoms with Crippen LogP contribution in [0.15, 0.2) is 27.1 Å². The van der Waals surface area contributed by atoms with Gasteiger partial charge < -0.3 is 9.73 Å². The number of hydrogen-bond donors (Lipinski definition) is 1. The van der Waals surface area contributed by atoms with Crippen LogP contribution in [-0.4, -0.2) is 6.54 Å². The number of furan rings is 1. The van der Waals surface area contributed by atoms with Crippen LogP contribution in [-0.2, 0) is 0 Å². The predicted octanol–water partition coefficient (Wildman–Crippen LogP) is 5.30. The average molecular weight is 331 g/mol. The highest BCUT2D eigenvalue weighted by atomic mass is 79.9. The molecule has 2 nitrogen and oxygen atoms in total. The molecule has 0 radical (unpaired) electrons. The van der Waals surface area contributed by atoms with Gasteiger partial charge in [0.05, 0.1) is 10.5 Å². The maximum absolute atomic E-state index is 6.04. The first kappa shape index (κ1) is 13.9. The molecule has 0 saturated carbocycles. The van der Waals surface area contributed by atoms with Crippen molar-refractivity contribution in [3.05, 3.63) is 33.5 Å². The highest BCUT2D eigenvalue weighted by molar-refractivity contribution is 9.10. The highest BCUT2D eigenvalue weighted by Crippen LogP contribution is 2.33. The van der Waals surface area contributed by atoms with E-state index in [0.29, 0.717) is 0 Å². The first-order valence-corrected chi connectivity index (χ1v) is 7.44. The maximum Gasteiger partial charge on any atom is 0.148 e. The minimum Gasteiger partial charge on any atom is -0.458 e. The summed E-state index contributed by atoms with van der Waals surface area (Å²) in [6.07, 6.45) is 2.12. The summed E-state index contributed by atoms with van der Waals surface area (Å²) in [5, 5.41) is 5.25. The Morgan fingerprint density at radius 3 is 2.78 bits per heavy atom. The van der Waals surface area contributed by atoms with Gasteiger partial charge in [-0.05, 0) is 53.5 Å². The Morgan fingerprint density at radius 1 is 1.33 bits per heavy atom. The fraction of sp³-hybridized carbons (Fsp3) is 0.429. The zero-order valence-corrected chi connectivity index (χ0v) is 12.9. The lowest BCUT2D eigenvalue weighted by atomic mass is 10.1. The molecule has 1 aromatic heterocycles. The number of fused-ring (bicyclic) bond motifs is 1. The van der Waals surface area contributed by atoms with Crippen molar-refractivity contribution >= 4 is 38.5 Å². The lowest BCUT2D eigenvalue weighted by Crippen LogP contribution is -2.20. The normalized spacial score (nSPS) is 13.1. The molecule has 1 atom stereocenters. The van der Waals surface area contributed by atoms with Crippen molar-refractivity contribution in [3.8, 4) is 0 Å². The van der Waals surface area contributed by atoms with Crippen LogP contribution in [0, 0.1) is 0 Å². The third kappa shape index (κ3) is 2.90. The van der Waals surface area contributed by atoms with Crippen molar-refractivity contribution in [1.29, 1.82) is 0 Å². The SMILES string of the molecule is CCCNC(CC)c1cc2cc(Cl)cc(Br)c2o1. The lowest BCUT2D eigenvalue weighted by Gasteiger charge is -2.13. The summed E-state index contributed by atoms with van der Waals surface area (Å²) in [5.41, 5.74) is 0.867. The van der Waals surface area contributed by atoms with Gasteiger partial charge in [-0.3, -0.25) is 0 Å². The molecule has 2 rings (SSSR count). The second-order valence-electron chi connectivity index (χ2n) is 4.37. The number of benzene rings is 1. The van der Waals surface area contributed by atoms with Gasteiger partial charge in [0.15, 0.2) is 0 Å². The summed E-state index contributed by atoms with van der Waals surface area (Å²) in [4.78, 5) is 0. The molecule has 0 saturated heterocycles. The van der Waals surface area contributed by atoms with Crippen LogP contribution >= 0.6 is 27.5 Å². The molecule has 1 unspecified atom stereocenters. The second-order valence-corrected chi connectivity index (χ2v) is 5.66. The van der Waals surface area contributed by atoms with E-state index >= 15 is 0 Å². The van der Waals surface area contributed by atoms with Crippen LogP contribution in [0.3, 0.4) is 0 Å². The summed E-state index contributed by atoms with van der Waals surface area (Å²) in [6.45, 7) is 5.31. The van der Waals surface area contributed by atoms with Crippen molar-refractivity contribution < 1.29 is 4.42 Å². The monoisotopic (exact) mass is 329 g/mol. The maximum atomic E-state index is 6.04. The molecule has 2 aromatic rings. The third-order valence-electron chi connectivity index (χ3n) is 2.95. The van der Waals surface area contributed by atoms with Gasteiger partial charge >= 0.3 is 0 Å². The number of hydrogen-bond acceptors (Lipinski definition) is 2. The molecule has 0 aliphatic carbocycles. The topological polar surface area (TPSA) is 25.2 Å². The Bertz CT molecular complexity index is 538. The number of rotatable bonds is 5. The minimum absolute atomic E-state index is 0.267. The van der Waals surface area contributed by atoms with Crippen LogP contribution in [0.5, 0.6) is 0 Å². The molecule has 1 N–H and O–H groups in total. The Hall–Kier alpha value is -0.510. The predicted molar refractivity (Wildman–Crippen MR) is 80.2 cm³/mol. The van der Waals surface area contributed by atoms with Crippen LogP contribution in [0.2, 0.25) is 5.02 Å². The van der Waals surface area contributed by atoms with Crippen molar-refractivity contribution in [3.63, 3.8) is 0 Å². The first-order chi connectivity index (χ1) is 8.65. The van der Waals surface area contributed by atoms with Crippen LogP contribution in [0.4, 0.5) is 0 Å². The Kier molecular flexibility index (Phi) is 4.71. The molecule has 4 heteroatoms. The Morgan fingerprint density at radius 2 is 2.11 bits per heavy atom. The summed E-state index contributed by atoms with van der Waals surface area (Å²) in [5.74, 6) is 0.976. The summed E-state index contributed by atoms with van der Waals surface area (Å²) in [7, 11) is 0. The number of halogens is 2. The molecule has 18 heavy (non-hydrogen) atoms. The fourth-order valence-corrected chi connectivity index (χ4v) is 2.95. The van der Waals surface area contributed by atoms with Gasteiger partial charge in [-0.2, -0.15) is 0 Å². The van der Waals surface area contributed by atoms with Crippen LogP contribution in [0.25, 0.3) is 11.0 Å². The quantitative estimate of drug-likeness (QED) is 0.804. The van der Waals surface area contributed by atoms with E-state index in [1.54, 1.807) is 0 Å². The molecule has 0 bridgehead atoms. The van der Waals surface area contributed by atoms with E-state index in [9.17, 15) is 0 Å². The zero-order valence-electron chi connectivity index (χ0n) is 10.6. The molecule has 0 aliphatic heterocycles. The van der Waals surface area contributed by atoms with E-state index in [1.807, 2.05) is 12.1 Å². The lowest BCUT2D eigenvalue weighted by molar-refractivity contribution is 0.421. The third-order valence-corrected chi connectivity index (χ3v) is 3.75. The van der Waals surface area contributed by atoms with E-state index < -0.39 is 0 Å². The molecule has 1 aromatic carbocycles. The van der Waals surface area contributed by atoms with Gasteiger partial charge in [-0.25, -0.2) is 0 Å². The van der Waals surface area contributed by atoms with E-state index in [-0.39, 0.29) is 6.04 Å². The second kappa shape index (κ2) is 6.09. The zero-order chi connectivity index (χ0) is 13.1. The molecule has 98 valence electrons. The van der Waals surface area contributed by atoms with Crippen molar-refractivity contribution in [2.45, 2.75) is 32.7 Å². The van der Waals surface area contributed by atoms with Crippen molar-refractivity contribution in [2.24, 2.45) is 0 Å². The average Bonchev–Trinajstić information content (AvgIpc) is 2.74. The Labute approximate surface area is 121 Å². The summed E-state index contributed by atoms with van der Waals surface area (Å²) in [6, 6.07) is 6.13. The van der Waals surface area contributed by atoms with Gasteiger partial charge in [0, 0.05) is 10.4 Å². The molecule has 0 amide bonds.